The minimum absolute atomic E-state index is 0.0355. The molecule has 1 aromatic heterocycles. The van der Waals surface area contributed by atoms with Crippen molar-refractivity contribution in [1.82, 2.24) is 4.57 Å². The first kappa shape index (κ1) is 18.3. The van der Waals surface area contributed by atoms with E-state index in [0.29, 0.717) is 22.2 Å². The lowest BCUT2D eigenvalue weighted by Crippen LogP contribution is -2.15. The molecule has 27 heavy (non-hydrogen) atoms. The number of hydrogen-bond donors (Lipinski definition) is 1. The Hall–Kier alpha value is -3.48. The van der Waals surface area contributed by atoms with Gasteiger partial charge in [-0.25, -0.2) is 0 Å². The van der Waals surface area contributed by atoms with Crippen LogP contribution in [-0.2, 0) is 6.54 Å². The molecule has 0 aliphatic carbocycles. The van der Waals surface area contributed by atoms with Crippen molar-refractivity contribution in [2.24, 2.45) is 0 Å². The molecule has 1 heterocycles. The predicted molar refractivity (Wildman–Crippen MR) is 104 cm³/mol. The second-order valence-corrected chi connectivity index (χ2v) is 6.34. The zero-order chi connectivity index (χ0) is 19.7. The quantitative estimate of drug-likeness (QED) is 0.562. The third kappa shape index (κ3) is 3.44. The SMILES string of the molecule is CCn1c(C)cc(=O)c2cc(C(=O)Nc3ccc([N+](=O)[O-])cc3C)ccc21. The summed E-state index contributed by atoms with van der Waals surface area (Å²) in [5.74, 6) is -0.378. The van der Waals surface area contributed by atoms with Crippen LogP contribution in [-0.4, -0.2) is 15.4 Å². The number of hydrogen-bond acceptors (Lipinski definition) is 4. The van der Waals surface area contributed by atoms with Crippen molar-refractivity contribution in [2.45, 2.75) is 27.3 Å². The minimum atomic E-state index is -0.483. The second kappa shape index (κ2) is 7.03. The van der Waals surface area contributed by atoms with E-state index < -0.39 is 4.92 Å². The Morgan fingerprint density at radius 2 is 1.89 bits per heavy atom. The summed E-state index contributed by atoms with van der Waals surface area (Å²) in [6, 6.07) is 10.8. The van der Waals surface area contributed by atoms with E-state index in [-0.39, 0.29) is 17.0 Å². The molecular weight excluding hydrogens is 346 g/mol. The fourth-order valence-electron chi connectivity index (χ4n) is 3.16. The Morgan fingerprint density at radius 1 is 1.15 bits per heavy atom. The van der Waals surface area contributed by atoms with Gasteiger partial charge in [0.05, 0.1) is 10.4 Å². The van der Waals surface area contributed by atoms with Crippen molar-refractivity contribution in [2.75, 3.05) is 5.32 Å². The number of benzene rings is 2. The standard InChI is InChI=1S/C20H19N3O4/c1-4-22-13(3)10-19(24)16-11-14(5-8-18(16)22)20(25)21-17-7-6-15(23(26)27)9-12(17)2/h5-11H,4H2,1-3H3,(H,21,25). The normalized spacial score (nSPS) is 10.8. The number of non-ortho nitro benzene ring substituents is 1. The van der Waals surface area contributed by atoms with Gasteiger partial charge in [0.1, 0.15) is 0 Å². The summed E-state index contributed by atoms with van der Waals surface area (Å²) in [5, 5.41) is 14.1. The molecule has 0 aliphatic heterocycles. The van der Waals surface area contributed by atoms with Crippen LogP contribution >= 0.6 is 0 Å². The zero-order valence-electron chi connectivity index (χ0n) is 15.3. The van der Waals surface area contributed by atoms with Crippen LogP contribution < -0.4 is 10.7 Å². The number of anilines is 1. The minimum Gasteiger partial charge on any atom is -0.345 e. The van der Waals surface area contributed by atoms with Gasteiger partial charge >= 0.3 is 0 Å². The number of carbonyl (C=O) groups excluding carboxylic acids is 1. The summed E-state index contributed by atoms with van der Waals surface area (Å²) in [6.45, 7) is 6.28. The average molecular weight is 365 g/mol. The van der Waals surface area contributed by atoms with Gasteiger partial charge in [-0.3, -0.25) is 19.7 Å². The Morgan fingerprint density at radius 3 is 2.52 bits per heavy atom. The number of rotatable bonds is 4. The fraction of sp³-hybridized carbons (Fsp3) is 0.200. The molecule has 7 nitrogen and oxygen atoms in total. The number of fused-ring (bicyclic) bond motifs is 1. The van der Waals surface area contributed by atoms with Gasteiger partial charge in [0.2, 0.25) is 0 Å². The van der Waals surface area contributed by atoms with Gasteiger partial charge in [-0.15, -0.1) is 0 Å². The highest BCUT2D eigenvalue weighted by Gasteiger charge is 2.13. The van der Waals surface area contributed by atoms with Gasteiger partial charge in [-0.2, -0.15) is 0 Å². The molecule has 1 amide bonds. The Balaban J connectivity index is 1.97. The number of aryl methyl sites for hydroxylation is 3. The number of nitrogens with one attached hydrogen (secondary N) is 1. The molecule has 0 aliphatic rings. The van der Waals surface area contributed by atoms with Crippen LogP contribution in [0.5, 0.6) is 0 Å². The molecule has 7 heteroatoms. The van der Waals surface area contributed by atoms with E-state index in [1.54, 1.807) is 31.2 Å². The molecule has 0 saturated heterocycles. The van der Waals surface area contributed by atoms with E-state index in [2.05, 4.69) is 5.32 Å². The largest absolute Gasteiger partial charge is 0.345 e. The van der Waals surface area contributed by atoms with Crippen LogP contribution in [0.4, 0.5) is 11.4 Å². The first-order valence-electron chi connectivity index (χ1n) is 8.52. The summed E-state index contributed by atoms with van der Waals surface area (Å²) in [6.07, 6.45) is 0. The highest BCUT2D eigenvalue weighted by atomic mass is 16.6. The first-order valence-corrected chi connectivity index (χ1v) is 8.52. The summed E-state index contributed by atoms with van der Waals surface area (Å²) >= 11 is 0. The fourth-order valence-corrected chi connectivity index (χ4v) is 3.16. The van der Waals surface area contributed by atoms with E-state index in [1.807, 2.05) is 18.4 Å². The molecule has 0 spiro atoms. The smallest absolute Gasteiger partial charge is 0.269 e. The van der Waals surface area contributed by atoms with Crippen molar-refractivity contribution in [3.8, 4) is 0 Å². The highest BCUT2D eigenvalue weighted by molar-refractivity contribution is 6.06. The molecule has 2 aromatic carbocycles. The van der Waals surface area contributed by atoms with E-state index in [9.17, 15) is 19.7 Å². The van der Waals surface area contributed by atoms with Crippen molar-refractivity contribution >= 4 is 28.2 Å². The topological polar surface area (TPSA) is 94.2 Å². The molecular formula is C20H19N3O4. The van der Waals surface area contributed by atoms with Gasteiger partial charge in [0.25, 0.3) is 11.6 Å². The summed E-state index contributed by atoms with van der Waals surface area (Å²) < 4.78 is 2.01. The third-order valence-electron chi connectivity index (χ3n) is 4.57. The van der Waals surface area contributed by atoms with Gasteiger partial charge in [0.15, 0.2) is 5.43 Å². The molecule has 0 radical (unpaired) electrons. The molecule has 0 atom stereocenters. The molecule has 0 saturated carbocycles. The summed E-state index contributed by atoms with van der Waals surface area (Å²) in [4.78, 5) is 35.3. The highest BCUT2D eigenvalue weighted by Crippen LogP contribution is 2.22. The number of pyridine rings is 1. The number of amides is 1. The van der Waals surface area contributed by atoms with Crippen LogP contribution in [0.15, 0.2) is 47.3 Å². The average Bonchev–Trinajstić information content (AvgIpc) is 2.63. The van der Waals surface area contributed by atoms with E-state index in [1.165, 1.54) is 18.2 Å². The molecule has 0 unspecified atom stereocenters. The van der Waals surface area contributed by atoms with Gasteiger partial charge in [0, 0.05) is 47.1 Å². The Bertz CT molecular complexity index is 1130. The number of aromatic nitrogens is 1. The molecule has 138 valence electrons. The lowest BCUT2D eigenvalue weighted by Gasteiger charge is -2.13. The maximum Gasteiger partial charge on any atom is 0.269 e. The van der Waals surface area contributed by atoms with E-state index in [4.69, 9.17) is 0 Å². The van der Waals surface area contributed by atoms with Crippen molar-refractivity contribution in [1.29, 1.82) is 0 Å². The molecule has 3 aromatic rings. The van der Waals surface area contributed by atoms with E-state index >= 15 is 0 Å². The van der Waals surface area contributed by atoms with E-state index in [0.717, 1.165) is 17.8 Å². The van der Waals surface area contributed by atoms with Gasteiger partial charge in [-0.1, -0.05) is 0 Å². The Kier molecular flexibility index (Phi) is 4.77. The van der Waals surface area contributed by atoms with Crippen LogP contribution in [0.25, 0.3) is 10.9 Å². The van der Waals surface area contributed by atoms with Crippen molar-refractivity contribution < 1.29 is 9.72 Å². The van der Waals surface area contributed by atoms with Gasteiger partial charge in [-0.05, 0) is 50.6 Å². The van der Waals surface area contributed by atoms with Crippen LogP contribution in [0.2, 0.25) is 0 Å². The Labute approximate surface area is 155 Å². The third-order valence-corrected chi connectivity index (χ3v) is 4.57. The van der Waals surface area contributed by atoms with Gasteiger partial charge < -0.3 is 9.88 Å². The lowest BCUT2D eigenvalue weighted by molar-refractivity contribution is -0.384. The van der Waals surface area contributed by atoms with Crippen molar-refractivity contribution in [3.63, 3.8) is 0 Å². The lowest BCUT2D eigenvalue weighted by atomic mass is 10.1. The van der Waals surface area contributed by atoms with Crippen LogP contribution in [0, 0.1) is 24.0 Å². The monoisotopic (exact) mass is 365 g/mol. The predicted octanol–water partition coefficient (Wildman–Crippen LogP) is 3.80. The first-order chi connectivity index (χ1) is 12.8. The number of nitrogens with zero attached hydrogens (tertiary/aromatic N) is 2. The molecule has 1 N–H and O–H groups in total. The van der Waals surface area contributed by atoms with Crippen molar-refractivity contribution in [3.05, 3.63) is 79.6 Å². The molecule has 3 rings (SSSR count). The maximum absolute atomic E-state index is 12.6. The number of carbonyl (C=O) groups is 1. The number of nitro groups is 1. The second-order valence-electron chi connectivity index (χ2n) is 6.34. The summed E-state index contributed by atoms with van der Waals surface area (Å²) in [5.41, 5.74) is 2.91. The van der Waals surface area contributed by atoms with Crippen LogP contribution in [0.3, 0.4) is 0 Å². The summed E-state index contributed by atoms with van der Waals surface area (Å²) in [7, 11) is 0. The molecule has 0 fully saturated rings. The number of nitro benzene ring substituents is 1. The maximum atomic E-state index is 12.6. The van der Waals surface area contributed by atoms with Crippen LogP contribution in [0.1, 0.15) is 28.5 Å². The molecule has 0 bridgehead atoms. The zero-order valence-corrected chi connectivity index (χ0v) is 15.3.